The first-order valence-electron chi connectivity index (χ1n) is 8.05. The minimum absolute atomic E-state index is 0.120. The molecule has 0 atom stereocenters. The average Bonchev–Trinajstić information content (AvgIpc) is 2.98. The number of halogens is 1. The van der Waals surface area contributed by atoms with Crippen LogP contribution >= 0.6 is 0 Å². The first-order chi connectivity index (χ1) is 12.6. The number of aromatic hydroxyl groups is 1. The quantitative estimate of drug-likeness (QED) is 0.493. The summed E-state index contributed by atoms with van der Waals surface area (Å²) in [4.78, 5) is 4.62. The summed E-state index contributed by atoms with van der Waals surface area (Å²) in [5, 5.41) is 18.2. The summed E-state index contributed by atoms with van der Waals surface area (Å²) in [6, 6.07) is 16.5. The van der Waals surface area contributed by atoms with Crippen molar-refractivity contribution in [2.45, 2.75) is 6.92 Å². The van der Waals surface area contributed by atoms with E-state index in [2.05, 4.69) is 15.2 Å². The van der Waals surface area contributed by atoms with Gasteiger partial charge in [-0.2, -0.15) is 0 Å². The predicted molar refractivity (Wildman–Crippen MR) is 97.6 cm³/mol. The van der Waals surface area contributed by atoms with Crippen LogP contribution in [0.5, 0.6) is 5.75 Å². The molecule has 26 heavy (non-hydrogen) atoms. The second-order valence-corrected chi connectivity index (χ2v) is 5.95. The number of pyridine rings is 1. The van der Waals surface area contributed by atoms with E-state index in [9.17, 15) is 9.50 Å². The van der Waals surface area contributed by atoms with Crippen LogP contribution in [-0.2, 0) is 0 Å². The first-order valence-corrected chi connectivity index (χ1v) is 8.05. The Balaban J connectivity index is 1.88. The number of fused-ring (bicyclic) bond motifs is 1. The van der Waals surface area contributed by atoms with E-state index in [-0.39, 0.29) is 11.6 Å². The first kappa shape index (κ1) is 16.0. The van der Waals surface area contributed by atoms with Gasteiger partial charge in [0.2, 0.25) is 0 Å². The molecule has 2 aromatic carbocycles. The Morgan fingerprint density at radius 3 is 2.58 bits per heavy atom. The third-order valence-corrected chi connectivity index (χ3v) is 3.95. The van der Waals surface area contributed by atoms with Crippen LogP contribution in [0.3, 0.4) is 0 Å². The van der Waals surface area contributed by atoms with Gasteiger partial charge in [0.25, 0.3) is 0 Å². The third kappa shape index (κ3) is 3.04. The molecule has 0 aliphatic heterocycles. The number of benzene rings is 2. The summed E-state index contributed by atoms with van der Waals surface area (Å²) < 4.78 is 15.1. The third-order valence-electron chi connectivity index (χ3n) is 3.95. The lowest BCUT2D eigenvalue weighted by molar-refractivity contribution is 0.475. The molecular formula is C20H15FN4O. The highest BCUT2D eigenvalue weighted by molar-refractivity contribution is 5.74. The Hall–Kier alpha value is -3.54. The molecule has 0 saturated heterocycles. The zero-order valence-electron chi connectivity index (χ0n) is 14.0. The molecule has 0 amide bonds. The van der Waals surface area contributed by atoms with Crippen molar-refractivity contribution < 1.29 is 9.50 Å². The van der Waals surface area contributed by atoms with E-state index in [1.165, 1.54) is 18.2 Å². The normalized spacial score (nSPS) is 11.5. The van der Waals surface area contributed by atoms with Crippen LogP contribution < -0.4 is 0 Å². The molecule has 0 aliphatic rings. The monoisotopic (exact) mass is 346 g/mol. The Kier molecular flexibility index (Phi) is 3.93. The van der Waals surface area contributed by atoms with E-state index in [1.807, 2.05) is 29.7 Å². The van der Waals surface area contributed by atoms with Crippen LogP contribution in [-0.4, -0.2) is 14.5 Å². The molecule has 5 nitrogen and oxygen atoms in total. The summed E-state index contributed by atoms with van der Waals surface area (Å²) in [6.45, 7) is 1.98. The summed E-state index contributed by atoms with van der Waals surface area (Å²) >= 11 is 0. The number of hydrogen-bond acceptors (Lipinski definition) is 4. The summed E-state index contributed by atoms with van der Waals surface area (Å²) in [5.74, 6) is 0.351. The number of aromatic nitrogens is 2. The fraction of sp³-hybridized carbons (Fsp3) is 0.0500. The van der Waals surface area contributed by atoms with E-state index in [0.29, 0.717) is 17.2 Å². The summed E-state index contributed by atoms with van der Waals surface area (Å²) in [5.41, 5.74) is 3.66. The van der Waals surface area contributed by atoms with Gasteiger partial charge < -0.3 is 5.11 Å². The molecule has 0 bridgehead atoms. The highest BCUT2D eigenvalue weighted by atomic mass is 19.1. The highest BCUT2D eigenvalue weighted by Crippen LogP contribution is 2.33. The number of hydrogen-bond donors (Lipinski definition) is 1. The fourth-order valence-electron chi connectivity index (χ4n) is 2.70. The Bertz CT molecular complexity index is 1120. The molecule has 6 heteroatoms. The van der Waals surface area contributed by atoms with Crippen molar-refractivity contribution in [1.29, 1.82) is 0 Å². The van der Waals surface area contributed by atoms with E-state index < -0.39 is 0 Å². The zero-order valence-corrected chi connectivity index (χ0v) is 14.0. The van der Waals surface area contributed by atoms with Crippen molar-refractivity contribution >= 4 is 17.2 Å². The van der Waals surface area contributed by atoms with Crippen LogP contribution in [0.1, 0.15) is 5.56 Å². The Morgan fingerprint density at radius 1 is 1.00 bits per heavy atom. The molecule has 2 aromatic heterocycles. The van der Waals surface area contributed by atoms with Gasteiger partial charge in [-0.3, -0.25) is 4.40 Å². The number of phenolic OH excluding ortho intramolecular Hbond substituents is 1. The molecule has 0 saturated carbocycles. The molecule has 4 aromatic rings. The van der Waals surface area contributed by atoms with Crippen molar-refractivity contribution in [1.82, 2.24) is 9.38 Å². The smallest absolute Gasteiger partial charge is 0.187 e. The molecular weight excluding hydrogens is 331 g/mol. The van der Waals surface area contributed by atoms with Gasteiger partial charge >= 0.3 is 0 Å². The van der Waals surface area contributed by atoms with E-state index >= 15 is 0 Å². The molecule has 1 N–H and O–H groups in total. The van der Waals surface area contributed by atoms with Gasteiger partial charge in [0, 0.05) is 17.8 Å². The zero-order chi connectivity index (χ0) is 18.1. The van der Waals surface area contributed by atoms with Crippen LogP contribution in [0.25, 0.3) is 16.9 Å². The number of aryl methyl sites for hydroxylation is 1. The molecule has 128 valence electrons. The molecule has 4 rings (SSSR count). The van der Waals surface area contributed by atoms with Gasteiger partial charge in [-0.1, -0.05) is 12.1 Å². The predicted octanol–water partition coefficient (Wildman–Crippen LogP) is 5.57. The Morgan fingerprint density at radius 2 is 1.81 bits per heavy atom. The van der Waals surface area contributed by atoms with Gasteiger partial charge in [-0.05, 0) is 55.0 Å². The summed E-state index contributed by atoms with van der Waals surface area (Å²) in [7, 11) is 0. The maximum atomic E-state index is 13.3. The van der Waals surface area contributed by atoms with Crippen LogP contribution in [0.15, 0.2) is 77.1 Å². The van der Waals surface area contributed by atoms with Crippen molar-refractivity contribution in [3.05, 3.63) is 78.2 Å². The molecule has 0 radical (unpaired) electrons. The lowest BCUT2D eigenvalue weighted by Crippen LogP contribution is -1.85. The minimum atomic E-state index is -0.309. The molecule has 0 fully saturated rings. The molecule has 2 heterocycles. The van der Waals surface area contributed by atoms with E-state index in [1.54, 1.807) is 30.3 Å². The summed E-state index contributed by atoms with van der Waals surface area (Å²) in [6.07, 6.45) is 1.92. The molecule has 0 aliphatic carbocycles. The fourth-order valence-corrected chi connectivity index (χ4v) is 2.70. The SMILES string of the molecule is Cc1ccc2nc(-c3ccc(F)cc3)c(N=Nc3cccc(O)c3)n2c1. The van der Waals surface area contributed by atoms with Crippen molar-refractivity contribution in [3.63, 3.8) is 0 Å². The lowest BCUT2D eigenvalue weighted by atomic mass is 10.1. The van der Waals surface area contributed by atoms with Gasteiger partial charge in [0.1, 0.15) is 22.9 Å². The number of azo groups is 1. The minimum Gasteiger partial charge on any atom is -0.508 e. The van der Waals surface area contributed by atoms with Gasteiger partial charge in [0.05, 0.1) is 5.69 Å². The van der Waals surface area contributed by atoms with E-state index in [0.717, 1.165) is 16.8 Å². The van der Waals surface area contributed by atoms with Gasteiger partial charge in [-0.15, -0.1) is 10.2 Å². The van der Waals surface area contributed by atoms with Crippen molar-refractivity contribution in [2.75, 3.05) is 0 Å². The number of nitrogens with zero attached hydrogens (tertiary/aromatic N) is 4. The second kappa shape index (κ2) is 6.40. The van der Waals surface area contributed by atoms with Gasteiger partial charge in [0.15, 0.2) is 5.82 Å². The average molecular weight is 346 g/mol. The van der Waals surface area contributed by atoms with Crippen LogP contribution in [0.4, 0.5) is 15.9 Å². The van der Waals surface area contributed by atoms with Crippen molar-refractivity contribution in [2.24, 2.45) is 10.2 Å². The van der Waals surface area contributed by atoms with Crippen molar-refractivity contribution in [3.8, 4) is 17.0 Å². The Labute approximate surface area is 149 Å². The molecule has 0 spiro atoms. The topological polar surface area (TPSA) is 62.2 Å². The molecule has 0 unspecified atom stereocenters. The van der Waals surface area contributed by atoms with Gasteiger partial charge in [-0.25, -0.2) is 9.37 Å². The highest BCUT2D eigenvalue weighted by Gasteiger charge is 2.14. The number of phenols is 1. The number of imidazole rings is 1. The number of rotatable bonds is 3. The van der Waals surface area contributed by atoms with Crippen LogP contribution in [0, 0.1) is 12.7 Å². The second-order valence-electron chi connectivity index (χ2n) is 5.95. The van der Waals surface area contributed by atoms with E-state index in [4.69, 9.17) is 0 Å². The van der Waals surface area contributed by atoms with Crippen LogP contribution in [0.2, 0.25) is 0 Å². The maximum Gasteiger partial charge on any atom is 0.187 e. The largest absolute Gasteiger partial charge is 0.508 e. The lowest BCUT2D eigenvalue weighted by Gasteiger charge is -2.01. The standard InChI is InChI=1S/C20H15FN4O/c1-13-5-10-18-22-19(14-6-8-15(21)9-7-14)20(25(18)12-13)24-23-16-3-2-4-17(26)11-16/h2-12,26H,1H3. The maximum absolute atomic E-state index is 13.3.